The summed E-state index contributed by atoms with van der Waals surface area (Å²) in [5, 5.41) is 13.4. The molecule has 0 saturated carbocycles. The number of amides is 1. The van der Waals surface area contributed by atoms with Gasteiger partial charge in [-0.3, -0.25) is 4.79 Å². The molecular weight excluding hydrogens is 318 g/mol. The zero-order valence-electron chi connectivity index (χ0n) is 14.5. The molecule has 2 aromatic carbocycles. The predicted molar refractivity (Wildman–Crippen MR) is 97.6 cm³/mol. The Morgan fingerprint density at radius 2 is 1.96 bits per heavy atom. The van der Waals surface area contributed by atoms with E-state index in [1.165, 1.54) is 0 Å². The second kappa shape index (κ2) is 6.57. The van der Waals surface area contributed by atoms with Gasteiger partial charge in [-0.15, -0.1) is 0 Å². The van der Waals surface area contributed by atoms with Crippen LogP contribution in [0.4, 0.5) is 11.7 Å². The topological polar surface area (TPSA) is 78.6 Å². The summed E-state index contributed by atoms with van der Waals surface area (Å²) < 4.78 is 5.64. The first-order chi connectivity index (χ1) is 11.8. The Labute approximate surface area is 146 Å². The van der Waals surface area contributed by atoms with Gasteiger partial charge in [0.15, 0.2) is 5.58 Å². The molecule has 25 heavy (non-hydrogen) atoms. The number of anilines is 2. The molecule has 0 radical (unpaired) electrons. The molecule has 2 N–H and O–H groups in total. The Balaban J connectivity index is 1.73. The molecule has 1 amide bonds. The van der Waals surface area contributed by atoms with E-state index in [0.29, 0.717) is 22.8 Å². The van der Waals surface area contributed by atoms with Crippen molar-refractivity contribution in [3.8, 4) is 0 Å². The molecule has 0 saturated heterocycles. The fraction of sp³-hybridized carbons (Fsp3) is 0.263. The number of hydrogen-bond donors (Lipinski definition) is 2. The van der Waals surface area contributed by atoms with Gasteiger partial charge in [-0.25, -0.2) is 0 Å². The lowest BCUT2D eigenvalue weighted by Gasteiger charge is -2.23. The average molecular weight is 339 g/mol. The van der Waals surface area contributed by atoms with E-state index >= 15 is 0 Å². The predicted octanol–water partition coefficient (Wildman–Crippen LogP) is 3.13. The van der Waals surface area contributed by atoms with Crippen LogP contribution in [0.15, 0.2) is 52.9 Å². The van der Waals surface area contributed by atoms with E-state index < -0.39 is 5.60 Å². The number of oxazole rings is 1. The molecular formula is C19H21N3O3. The Morgan fingerprint density at radius 3 is 2.64 bits per heavy atom. The first kappa shape index (κ1) is 17.0. The minimum absolute atomic E-state index is 0.0472. The highest BCUT2D eigenvalue weighted by atomic mass is 16.4. The monoisotopic (exact) mass is 339 g/mol. The van der Waals surface area contributed by atoms with Crippen molar-refractivity contribution >= 4 is 28.7 Å². The Hall–Kier alpha value is -2.86. The molecule has 6 nitrogen and oxygen atoms in total. The number of fused-ring (bicyclic) bond motifs is 1. The second-order valence-corrected chi connectivity index (χ2v) is 6.44. The first-order valence-electron chi connectivity index (χ1n) is 8.01. The van der Waals surface area contributed by atoms with Crippen molar-refractivity contribution in [3.05, 3.63) is 54.1 Å². The Bertz CT molecular complexity index is 885. The van der Waals surface area contributed by atoms with Crippen LogP contribution < -0.4 is 10.2 Å². The molecule has 0 aliphatic heterocycles. The SMILES string of the molecule is CN(C)c1nc2ccc(NC(=O)CC(C)(O)c3ccccc3)cc2o1. The minimum atomic E-state index is -1.24. The molecule has 1 aromatic heterocycles. The molecule has 0 bridgehead atoms. The van der Waals surface area contributed by atoms with E-state index in [4.69, 9.17) is 4.42 Å². The number of hydrogen-bond acceptors (Lipinski definition) is 5. The summed E-state index contributed by atoms with van der Waals surface area (Å²) in [4.78, 5) is 18.4. The van der Waals surface area contributed by atoms with Crippen molar-refractivity contribution in [2.45, 2.75) is 18.9 Å². The fourth-order valence-corrected chi connectivity index (χ4v) is 2.60. The van der Waals surface area contributed by atoms with Crippen molar-refractivity contribution < 1.29 is 14.3 Å². The van der Waals surface area contributed by atoms with Crippen molar-refractivity contribution in [1.29, 1.82) is 0 Å². The van der Waals surface area contributed by atoms with Crippen molar-refractivity contribution in [2.24, 2.45) is 0 Å². The number of aliphatic hydroxyl groups is 1. The second-order valence-electron chi connectivity index (χ2n) is 6.44. The average Bonchev–Trinajstić information content (AvgIpc) is 2.98. The maximum Gasteiger partial charge on any atom is 0.297 e. The number of aromatic nitrogens is 1. The van der Waals surface area contributed by atoms with Crippen LogP contribution in [0.2, 0.25) is 0 Å². The highest BCUT2D eigenvalue weighted by Gasteiger charge is 2.26. The summed E-state index contributed by atoms with van der Waals surface area (Å²) in [5.41, 5.74) is 1.38. The molecule has 3 aromatic rings. The van der Waals surface area contributed by atoms with E-state index in [9.17, 15) is 9.90 Å². The first-order valence-corrected chi connectivity index (χ1v) is 8.01. The lowest BCUT2D eigenvalue weighted by molar-refractivity contribution is -0.120. The smallest absolute Gasteiger partial charge is 0.297 e. The summed E-state index contributed by atoms with van der Waals surface area (Å²) in [6.45, 7) is 1.63. The zero-order valence-corrected chi connectivity index (χ0v) is 14.5. The molecule has 0 spiro atoms. The highest BCUT2D eigenvalue weighted by molar-refractivity contribution is 5.93. The molecule has 6 heteroatoms. The van der Waals surface area contributed by atoms with Gasteiger partial charge in [-0.1, -0.05) is 30.3 Å². The molecule has 1 unspecified atom stereocenters. The summed E-state index contributed by atoms with van der Waals surface area (Å²) in [7, 11) is 3.69. The van der Waals surface area contributed by atoms with Gasteiger partial charge < -0.3 is 19.7 Å². The van der Waals surface area contributed by atoms with Crippen molar-refractivity contribution in [2.75, 3.05) is 24.3 Å². The van der Waals surface area contributed by atoms with Gasteiger partial charge in [-0.05, 0) is 24.6 Å². The quantitative estimate of drug-likeness (QED) is 0.747. The van der Waals surface area contributed by atoms with Gasteiger partial charge in [0.05, 0.1) is 12.0 Å². The summed E-state index contributed by atoms with van der Waals surface area (Å²) in [6, 6.07) is 14.9. The fourth-order valence-electron chi connectivity index (χ4n) is 2.60. The van der Waals surface area contributed by atoms with E-state index in [1.54, 1.807) is 42.2 Å². The van der Waals surface area contributed by atoms with Crippen LogP contribution in [0.25, 0.3) is 11.1 Å². The van der Waals surface area contributed by atoms with Gasteiger partial charge in [0, 0.05) is 25.8 Å². The van der Waals surface area contributed by atoms with Crippen LogP contribution >= 0.6 is 0 Å². The Kier molecular flexibility index (Phi) is 4.46. The number of carbonyl (C=O) groups is 1. The van der Waals surface area contributed by atoms with Gasteiger partial charge >= 0.3 is 0 Å². The number of nitrogens with one attached hydrogen (secondary N) is 1. The largest absolute Gasteiger partial charge is 0.423 e. The lowest BCUT2D eigenvalue weighted by Crippen LogP contribution is -2.28. The minimum Gasteiger partial charge on any atom is -0.423 e. The molecule has 0 aliphatic carbocycles. The van der Waals surface area contributed by atoms with Crippen LogP contribution in [0.3, 0.4) is 0 Å². The van der Waals surface area contributed by atoms with Gasteiger partial charge in [0.2, 0.25) is 5.91 Å². The van der Waals surface area contributed by atoms with Gasteiger partial charge in [0.1, 0.15) is 5.52 Å². The number of nitrogens with zero attached hydrogens (tertiary/aromatic N) is 2. The van der Waals surface area contributed by atoms with Gasteiger partial charge in [0.25, 0.3) is 6.01 Å². The van der Waals surface area contributed by atoms with E-state index in [-0.39, 0.29) is 12.3 Å². The maximum atomic E-state index is 12.3. The molecule has 3 rings (SSSR count). The van der Waals surface area contributed by atoms with Crippen LogP contribution in [0.1, 0.15) is 18.9 Å². The molecule has 1 heterocycles. The van der Waals surface area contributed by atoms with Crippen LogP contribution in [-0.2, 0) is 10.4 Å². The number of benzene rings is 2. The van der Waals surface area contributed by atoms with Crippen LogP contribution in [-0.4, -0.2) is 30.1 Å². The van der Waals surface area contributed by atoms with E-state index in [0.717, 1.165) is 5.52 Å². The number of carbonyl (C=O) groups excluding carboxylic acids is 1. The molecule has 1 atom stereocenters. The summed E-state index contributed by atoms with van der Waals surface area (Å²) in [6.07, 6.45) is -0.0472. The molecule has 0 aliphatic rings. The van der Waals surface area contributed by atoms with E-state index in [2.05, 4.69) is 10.3 Å². The van der Waals surface area contributed by atoms with Crippen molar-refractivity contribution in [1.82, 2.24) is 4.98 Å². The summed E-state index contributed by atoms with van der Waals surface area (Å²) >= 11 is 0. The lowest BCUT2D eigenvalue weighted by atomic mass is 9.92. The summed E-state index contributed by atoms with van der Waals surface area (Å²) in [5.74, 6) is -0.277. The highest BCUT2D eigenvalue weighted by Crippen LogP contribution is 2.26. The Morgan fingerprint density at radius 1 is 1.24 bits per heavy atom. The van der Waals surface area contributed by atoms with E-state index in [1.807, 2.05) is 32.3 Å². The third-order valence-corrected chi connectivity index (χ3v) is 3.94. The van der Waals surface area contributed by atoms with Gasteiger partial charge in [-0.2, -0.15) is 4.98 Å². The van der Waals surface area contributed by atoms with Crippen LogP contribution in [0, 0.1) is 0 Å². The molecule has 0 fully saturated rings. The normalized spacial score (nSPS) is 13.4. The number of rotatable bonds is 5. The standard InChI is InChI=1S/C19H21N3O3/c1-19(24,13-7-5-4-6-8-13)12-17(23)20-14-9-10-15-16(11-14)25-18(21-15)22(2)3/h4-11,24H,12H2,1-3H3,(H,20,23). The zero-order chi connectivity index (χ0) is 18.0. The third kappa shape index (κ3) is 3.80. The third-order valence-electron chi connectivity index (χ3n) is 3.94. The molecule has 130 valence electrons. The maximum absolute atomic E-state index is 12.3. The van der Waals surface area contributed by atoms with Crippen molar-refractivity contribution in [3.63, 3.8) is 0 Å². The van der Waals surface area contributed by atoms with Crippen LogP contribution in [0.5, 0.6) is 0 Å².